The maximum absolute atomic E-state index is 14.1. The summed E-state index contributed by atoms with van der Waals surface area (Å²) in [6.45, 7) is 2.66. The van der Waals surface area contributed by atoms with E-state index in [-0.39, 0.29) is 0 Å². The molecule has 0 aromatic heterocycles. The second-order valence-corrected chi connectivity index (χ2v) is 3.50. The fourth-order valence-corrected chi connectivity index (χ4v) is 1.25. The molecule has 0 saturated heterocycles. The number of aliphatic carboxylic acids is 1. The van der Waals surface area contributed by atoms with Crippen molar-refractivity contribution in [3.05, 3.63) is 35.9 Å². The molecule has 1 N–H and O–H groups in total. The number of alkyl halides is 1. The van der Waals surface area contributed by atoms with Gasteiger partial charge in [-0.2, -0.15) is 0 Å². The van der Waals surface area contributed by atoms with E-state index in [0.717, 1.165) is 0 Å². The number of hydrogen-bond donors (Lipinski definition) is 1. The number of rotatable bonds is 3. The van der Waals surface area contributed by atoms with E-state index in [0.29, 0.717) is 5.56 Å². The first-order valence-corrected chi connectivity index (χ1v) is 4.43. The Morgan fingerprint density at radius 3 is 2.36 bits per heavy atom. The molecule has 0 aliphatic rings. The number of carboxylic acid groups (broad SMARTS) is 1. The van der Waals surface area contributed by atoms with Gasteiger partial charge in [-0.15, -0.1) is 0 Å². The molecule has 2 unspecified atom stereocenters. The Morgan fingerprint density at radius 2 is 1.93 bits per heavy atom. The number of carboxylic acids is 1. The van der Waals surface area contributed by atoms with Crippen LogP contribution in [0.1, 0.15) is 19.4 Å². The summed E-state index contributed by atoms with van der Waals surface area (Å²) in [5, 5.41) is 8.74. The standard InChI is InChI=1S/C11H13FO2/c1-8(10(13)14)11(2,12)9-6-4-3-5-7-9/h3-8H,1-2H3,(H,13,14). The summed E-state index contributed by atoms with van der Waals surface area (Å²) in [5.41, 5.74) is -1.43. The van der Waals surface area contributed by atoms with Crippen molar-refractivity contribution in [1.82, 2.24) is 0 Å². The molecule has 0 aliphatic carbocycles. The molecule has 3 heteroatoms. The number of carbonyl (C=O) groups is 1. The molecule has 1 aromatic rings. The first-order chi connectivity index (χ1) is 6.46. The van der Waals surface area contributed by atoms with Crippen LogP contribution < -0.4 is 0 Å². The van der Waals surface area contributed by atoms with Gasteiger partial charge in [0.1, 0.15) is 5.67 Å². The molecule has 76 valence electrons. The van der Waals surface area contributed by atoms with Gasteiger partial charge < -0.3 is 5.11 Å². The lowest BCUT2D eigenvalue weighted by atomic mass is 9.86. The normalized spacial score (nSPS) is 17.1. The van der Waals surface area contributed by atoms with Crippen molar-refractivity contribution in [1.29, 1.82) is 0 Å². The van der Waals surface area contributed by atoms with Gasteiger partial charge in [0.15, 0.2) is 0 Å². The molecule has 0 bridgehead atoms. The first-order valence-electron chi connectivity index (χ1n) is 4.43. The lowest BCUT2D eigenvalue weighted by Gasteiger charge is -2.24. The summed E-state index contributed by atoms with van der Waals surface area (Å²) in [7, 11) is 0. The Balaban J connectivity index is 3.02. The van der Waals surface area contributed by atoms with Crippen molar-refractivity contribution < 1.29 is 14.3 Å². The summed E-state index contributed by atoms with van der Waals surface area (Å²) < 4.78 is 14.1. The maximum Gasteiger partial charge on any atom is 0.309 e. The Hall–Kier alpha value is -1.38. The van der Waals surface area contributed by atoms with Crippen molar-refractivity contribution in [2.45, 2.75) is 19.5 Å². The van der Waals surface area contributed by atoms with Crippen LogP contribution in [-0.4, -0.2) is 11.1 Å². The van der Waals surface area contributed by atoms with E-state index >= 15 is 0 Å². The summed E-state index contributed by atoms with van der Waals surface area (Å²) >= 11 is 0. The second-order valence-electron chi connectivity index (χ2n) is 3.50. The average Bonchev–Trinajstić information content (AvgIpc) is 2.18. The van der Waals surface area contributed by atoms with Crippen LogP contribution in [0.2, 0.25) is 0 Å². The molecular weight excluding hydrogens is 183 g/mol. The van der Waals surface area contributed by atoms with Crippen LogP contribution in [0.25, 0.3) is 0 Å². The SMILES string of the molecule is CC(C(=O)O)C(C)(F)c1ccccc1. The van der Waals surface area contributed by atoms with Crippen LogP contribution in [0.3, 0.4) is 0 Å². The van der Waals surface area contributed by atoms with Gasteiger partial charge in [0.2, 0.25) is 0 Å². The van der Waals surface area contributed by atoms with Gasteiger partial charge in [-0.25, -0.2) is 4.39 Å². The summed E-state index contributed by atoms with van der Waals surface area (Å²) in [5.74, 6) is -2.18. The third-order valence-electron chi connectivity index (χ3n) is 2.52. The highest BCUT2D eigenvalue weighted by atomic mass is 19.1. The van der Waals surface area contributed by atoms with Gasteiger partial charge in [0, 0.05) is 0 Å². The summed E-state index contributed by atoms with van der Waals surface area (Å²) in [6.07, 6.45) is 0. The molecule has 0 radical (unpaired) electrons. The number of halogens is 1. The van der Waals surface area contributed by atoms with Gasteiger partial charge in [0.25, 0.3) is 0 Å². The summed E-state index contributed by atoms with van der Waals surface area (Å²) in [6, 6.07) is 8.35. The van der Waals surface area contributed by atoms with Crippen molar-refractivity contribution in [2.24, 2.45) is 5.92 Å². The van der Waals surface area contributed by atoms with Gasteiger partial charge >= 0.3 is 5.97 Å². The van der Waals surface area contributed by atoms with Gasteiger partial charge in [-0.05, 0) is 19.4 Å². The van der Waals surface area contributed by atoms with Crippen molar-refractivity contribution >= 4 is 5.97 Å². The van der Waals surface area contributed by atoms with Crippen LogP contribution in [0, 0.1) is 5.92 Å². The van der Waals surface area contributed by atoms with E-state index in [1.54, 1.807) is 30.3 Å². The van der Waals surface area contributed by atoms with Crippen molar-refractivity contribution in [2.75, 3.05) is 0 Å². The van der Waals surface area contributed by atoms with E-state index in [4.69, 9.17) is 5.11 Å². The maximum atomic E-state index is 14.1. The Bertz CT molecular complexity index is 319. The third kappa shape index (κ3) is 1.92. The molecule has 0 fully saturated rings. The van der Waals surface area contributed by atoms with E-state index in [1.165, 1.54) is 13.8 Å². The zero-order chi connectivity index (χ0) is 10.8. The third-order valence-corrected chi connectivity index (χ3v) is 2.52. The second kappa shape index (κ2) is 3.78. The molecule has 0 amide bonds. The minimum atomic E-state index is -1.83. The molecule has 14 heavy (non-hydrogen) atoms. The quantitative estimate of drug-likeness (QED) is 0.806. The molecule has 2 atom stereocenters. The molecule has 0 aliphatic heterocycles. The molecule has 1 aromatic carbocycles. The van der Waals surface area contributed by atoms with Crippen LogP contribution in [-0.2, 0) is 10.5 Å². The molecular formula is C11H13FO2. The highest BCUT2D eigenvalue weighted by Crippen LogP contribution is 2.33. The van der Waals surface area contributed by atoms with Gasteiger partial charge in [-0.3, -0.25) is 4.79 Å². The van der Waals surface area contributed by atoms with Crippen LogP contribution in [0.15, 0.2) is 30.3 Å². The first kappa shape index (κ1) is 10.7. The fourth-order valence-electron chi connectivity index (χ4n) is 1.25. The molecule has 0 spiro atoms. The minimum absolute atomic E-state index is 0.398. The largest absolute Gasteiger partial charge is 0.481 e. The lowest BCUT2D eigenvalue weighted by molar-refractivity contribution is -0.146. The average molecular weight is 196 g/mol. The van der Waals surface area contributed by atoms with Crippen LogP contribution in [0.4, 0.5) is 4.39 Å². The van der Waals surface area contributed by atoms with Gasteiger partial charge in [0.05, 0.1) is 5.92 Å². The topological polar surface area (TPSA) is 37.3 Å². The lowest BCUT2D eigenvalue weighted by Crippen LogP contribution is -2.31. The van der Waals surface area contributed by atoms with E-state index in [2.05, 4.69) is 0 Å². The van der Waals surface area contributed by atoms with Crippen LogP contribution >= 0.6 is 0 Å². The van der Waals surface area contributed by atoms with E-state index in [1.807, 2.05) is 0 Å². The minimum Gasteiger partial charge on any atom is -0.481 e. The molecule has 0 heterocycles. The van der Waals surface area contributed by atoms with Gasteiger partial charge in [-0.1, -0.05) is 30.3 Å². The number of hydrogen-bond acceptors (Lipinski definition) is 1. The monoisotopic (exact) mass is 196 g/mol. The zero-order valence-electron chi connectivity index (χ0n) is 8.20. The Kier molecular flexibility index (Phi) is 2.89. The Morgan fingerprint density at radius 1 is 1.43 bits per heavy atom. The highest BCUT2D eigenvalue weighted by Gasteiger charge is 2.37. The predicted octanol–water partition coefficient (Wildman–Crippen LogP) is 2.59. The smallest absolute Gasteiger partial charge is 0.309 e. The Labute approximate surface area is 82.4 Å². The van der Waals surface area contributed by atoms with E-state index < -0.39 is 17.6 Å². The highest BCUT2D eigenvalue weighted by molar-refractivity contribution is 5.71. The van der Waals surface area contributed by atoms with Crippen molar-refractivity contribution in [3.63, 3.8) is 0 Å². The van der Waals surface area contributed by atoms with Crippen LogP contribution in [0.5, 0.6) is 0 Å². The van der Waals surface area contributed by atoms with E-state index in [9.17, 15) is 9.18 Å². The summed E-state index contributed by atoms with van der Waals surface area (Å²) in [4.78, 5) is 10.7. The molecule has 2 nitrogen and oxygen atoms in total. The number of benzene rings is 1. The van der Waals surface area contributed by atoms with Crippen molar-refractivity contribution in [3.8, 4) is 0 Å². The fraction of sp³-hybridized carbons (Fsp3) is 0.364. The zero-order valence-corrected chi connectivity index (χ0v) is 8.20. The molecule has 0 saturated carbocycles. The predicted molar refractivity (Wildman–Crippen MR) is 51.7 cm³/mol. The molecule has 1 rings (SSSR count).